The van der Waals surface area contributed by atoms with Crippen molar-refractivity contribution in [3.63, 3.8) is 0 Å². The summed E-state index contributed by atoms with van der Waals surface area (Å²) in [5, 5.41) is 21.4. The second-order valence-corrected chi connectivity index (χ2v) is 5.90. The SMILES string of the molecule is O=C([O-])CCCOc1ccc(Cl)cc1Cc1cc(Cl)ccc1O.[Na+]. The van der Waals surface area contributed by atoms with E-state index in [-0.39, 0.29) is 48.3 Å². The predicted octanol–water partition coefficient (Wildman–Crippen LogP) is 0.203. The summed E-state index contributed by atoms with van der Waals surface area (Å²) in [6, 6.07) is 9.97. The molecule has 0 unspecified atom stereocenters. The number of benzene rings is 2. The van der Waals surface area contributed by atoms with Crippen LogP contribution < -0.4 is 39.4 Å². The topological polar surface area (TPSA) is 69.6 Å². The molecule has 0 radical (unpaired) electrons. The monoisotopic (exact) mass is 376 g/mol. The molecule has 0 spiro atoms. The van der Waals surface area contributed by atoms with E-state index < -0.39 is 5.97 Å². The van der Waals surface area contributed by atoms with Crippen molar-refractivity contribution in [1.82, 2.24) is 0 Å². The molecule has 4 nitrogen and oxygen atoms in total. The van der Waals surface area contributed by atoms with E-state index in [4.69, 9.17) is 27.9 Å². The van der Waals surface area contributed by atoms with Gasteiger partial charge in [0.25, 0.3) is 0 Å². The number of carboxylic acid groups (broad SMARTS) is 1. The second kappa shape index (κ2) is 10.2. The van der Waals surface area contributed by atoms with Crippen LogP contribution in [0, 0.1) is 0 Å². The molecule has 0 amide bonds. The molecule has 0 aliphatic heterocycles. The molecule has 1 N–H and O–H groups in total. The number of phenolic OH excluding ortho intramolecular Hbond substituents is 1. The number of ether oxygens (including phenoxy) is 1. The van der Waals surface area contributed by atoms with Crippen LogP contribution in [0.25, 0.3) is 0 Å². The third-order valence-corrected chi connectivity index (χ3v) is 3.70. The average molecular weight is 377 g/mol. The summed E-state index contributed by atoms with van der Waals surface area (Å²) in [6.45, 7) is 0.254. The van der Waals surface area contributed by atoms with Gasteiger partial charge in [0.05, 0.1) is 6.61 Å². The molecule has 0 heterocycles. The first-order valence-corrected chi connectivity index (χ1v) is 7.80. The van der Waals surface area contributed by atoms with Crippen LogP contribution in [0.5, 0.6) is 11.5 Å². The number of hydrogen-bond acceptors (Lipinski definition) is 4. The minimum absolute atomic E-state index is 0. The quantitative estimate of drug-likeness (QED) is 0.553. The van der Waals surface area contributed by atoms with E-state index in [0.717, 1.165) is 5.56 Å². The minimum Gasteiger partial charge on any atom is -0.550 e. The van der Waals surface area contributed by atoms with Gasteiger partial charge in [0.15, 0.2) is 0 Å². The van der Waals surface area contributed by atoms with Crippen molar-refractivity contribution in [2.45, 2.75) is 19.3 Å². The van der Waals surface area contributed by atoms with Crippen LogP contribution in [0.1, 0.15) is 24.0 Å². The van der Waals surface area contributed by atoms with Gasteiger partial charge in [-0.25, -0.2) is 0 Å². The maximum absolute atomic E-state index is 10.4. The maximum atomic E-state index is 10.4. The van der Waals surface area contributed by atoms with Gasteiger partial charge in [0.2, 0.25) is 0 Å². The Labute approximate surface area is 172 Å². The molecule has 0 saturated carbocycles. The van der Waals surface area contributed by atoms with E-state index in [1.165, 1.54) is 6.07 Å². The molecule has 0 bridgehead atoms. The van der Waals surface area contributed by atoms with Crippen molar-refractivity contribution >= 4 is 29.2 Å². The molecule has 2 aromatic carbocycles. The van der Waals surface area contributed by atoms with Gasteiger partial charge in [0.1, 0.15) is 11.5 Å². The number of carbonyl (C=O) groups is 1. The van der Waals surface area contributed by atoms with Crippen molar-refractivity contribution in [3.05, 3.63) is 57.6 Å². The average Bonchev–Trinajstić information content (AvgIpc) is 2.49. The van der Waals surface area contributed by atoms with Crippen LogP contribution in [-0.2, 0) is 11.2 Å². The molecule has 0 fully saturated rings. The predicted molar refractivity (Wildman–Crippen MR) is 87.1 cm³/mol. The number of aromatic hydroxyl groups is 1. The van der Waals surface area contributed by atoms with Crippen molar-refractivity contribution in [2.75, 3.05) is 6.61 Å². The Morgan fingerprint density at radius 3 is 2.38 bits per heavy atom. The van der Waals surface area contributed by atoms with E-state index in [2.05, 4.69) is 0 Å². The van der Waals surface area contributed by atoms with E-state index in [1.807, 2.05) is 0 Å². The zero-order chi connectivity index (χ0) is 16.8. The minimum atomic E-state index is -1.10. The molecule has 24 heavy (non-hydrogen) atoms. The Kier molecular flexibility index (Phi) is 8.95. The van der Waals surface area contributed by atoms with Gasteiger partial charge in [-0.2, -0.15) is 0 Å². The van der Waals surface area contributed by atoms with E-state index in [1.54, 1.807) is 30.3 Å². The van der Waals surface area contributed by atoms with Gasteiger partial charge in [-0.3, -0.25) is 0 Å². The molecular weight excluding hydrogens is 362 g/mol. The summed E-state index contributed by atoms with van der Waals surface area (Å²) in [5.74, 6) is -0.377. The Balaban J connectivity index is 0.00000288. The van der Waals surface area contributed by atoms with Gasteiger partial charge in [-0.15, -0.1) is 0 Å². The number of phenols is 1. The Bertz CT molecular complexity index is 707. The van der Waals surface area contributed by atoms with Crippen LogP contribution in [-0.4, -0.2) is 17.7 Å². The molecule has 2 aromatic rings. The fourth-order valence-electron chi connectivity index (χ4n) is 2.13. The second-order valence-electron chi connectivity index (χ2n) is 5.03. The van der Waals surface area contributed by atoms with Crippen LogP contribution in [0.4, 0.5) is 0 Å². The van der Waals surface area contributed by atoms with Gasteiger partial charge < -0.3 is 19.7 Å². The smallest absolute Gasteiger partial charge is 0.550 e. The van der Waals surface area contributed by atoms with Crippen LogP contribution in [0.15, 0.2) is 36.4 Å². The molecule has 0 aliphatic carbocycles. The molecule has 0 atom stereocenters. The third kappa shape index (κ3) is 6.54. The summed E-state index contributed by atoms with van der Waals surface area (Å²) < 4.78 is 5.62. The molecule has 0 aliphatic rings. The number of hydrogen-bond donors (Lipinski definition) is 1. The van der Waals surface area contributed by atoms with Gasteiger partial charge >= 0.3 is 29.6 Å². The molecule has 2 rings (SSSR count). The first-order chi connectivity index (χ1) is 11.0. The van der Waals surface area contributed by atoms with Crippen molar-refractivity contribution in [3.8, 4) is 11.5 Å². The fourth-order valence-corrected chi connectivity index (χ4v) is 2.52. The third-order valence-electron chi connectivity index (χ3n) is 3.23. The molecule has 0 saturated heterocycles. The summed E-state index contributed by atoms with van der Waals surface area (Å²) in [7, 11) is 0. The maximum Gasteiger partial charge on any atom is 1.00 e. The number of carboxylic acids is 1. The van der Waals surface area contributed by atoms with E-state index in [9.17, 15) is 15.0 Å². The normalized spacial score (nSPS) is 10.1. The Hall–Kier alpha value is -0.910. The largest absolute Gasteiger partial charge is 1.00 e. The molecule has 122 valence electrons. The van der Waals surface area contributed by atoms with Gasteiger partial charge in [-0.1, -0.05) is 23.2 Å². The standard InChI is InChI=1S/C17H16Cl2O4.Na/c18-13-3-5-15(20)11(9-13)8-12-10-14(19)4-6-16(12)23-7-1-2-17(21)22;/h3-6,9-10,20H,1-2,7-8H2,(H,21,22);/q;+1/p-1. The van der Waals surface area contributed by atoms with Crippen LogP contribution in [0.3, 0.4) is 0 Å². The summed E-state index contributed by atoms with van der Waals surface area (Å²) >= 11 is 12.0. The fraction of sp³-hybridized carbons (Fsp3) is 0.235. The Morgan fingerprint density at radius 1 is 1.08 bits per heavy atom. The number of aliphatic carboxylic acids is 1. The molecular formula is C17H15Cl2NaO4. The van der Waals surface area contributed by atoms with Gasteiger partial charge in [-0.05, 0) is 54.8 Å². The number of carbonyl (C=O) groups excluding carboxylic acids is 1. The van der Waals surface area contributed by atoms with E-state index in [0.29, 0.717) is 34.2 Å². The van der Waals surface area contributed by atoms with E-state index >= 15 is 0 Å². The zero-order valence-electron chi connectivity index (χ0n) is 13.2. The van der Waals surface area contributed by atoms with Crippen molar-refractivity contribution in [1.29, 1.82) is 0 Å². The number of halogens is 2. The first kappa shape index (κ1) is 21.1. The van der Waals surface area contributed by atoms with Crippen molar-refractivity contribution < 1.29 is 49.3 Å². The molecule has 0 aromatic heterocycles. The van der Waals surface area contributed by atoms with Crippen LogP contribution >= 0.6 is 23.2 Å². The zero-order valence-corrected chi connectivity index (χ0v) is 16.7. The summed E-state index contributed by atoms with van der Waals surface area (Å²) in [4.78, 5) is 10.4. The summed E-state index contributed by atoms with van der Waals surface area (Å²) in [6.07, 6.45) is 0.688. The summed E-state index contributed by atoms with van der Waals surface area (Å²) in [5.41, 5.74) is 1.43. The van der Waals surface area contributed by atoms with Crippen molar-refractivity contribution in [2.24, 2.45) is 0 Å². The van der Waals surface area contributed by atoms with Crippen LogP contribution in [0.2, 0.25) is 10.0 Å². The molecule has 7 heteroatoms. The Morgan fingerprint density at radius 2 is 1.71 bits per heavy atom. The number of rotatable bonds is 7. The first-order valence-electron chi connectivity index (χ1n) is 7.04. The van der Waals surface area contributed by atoms with Gasteiger partial charge in [0, 0.05) is 28.0 Å².